The summed E-state index contributed by atoms with van der Waals surface area (Å²) in [4.78, 5) is -0.383. The van der Waals surface area contributed by atoms with Crippen molar-refractivity contribution in [1.82, 2.24) is 4.72 Å². The van der Waals surface area contributed by atoms with Gasteiger partial charge in [-0.1, -0.05) is 36.7 Å². The fraction of sp³-hybridized carbons (Fsp3) is 0.500. The monoisotopic (exact) mass is 352 g/mol. The summed E-state index contributed by atoms with van der Waals surface area (Å²) in [7, 11) is -3.89. The minimum absolute atomic E-state index is 0.0624. The minimum atomic E-state index is -3.89. The molecule has 0 radical (unpaired) electrons. The Morgan fingerprint density at radius 3 is 2.42 bits per heavy atom. The molecule has 3 N–H and O–H groups in total. The van der Waals surface area contributed by atoms with Crippen LogP contribution >= 0.6 is 15.9 Å². The Morgan fingerprint density at radius 2 is 1.95 bits per heavy atom. The molecule has 0 spiro atoms. The molecule has 1 aromatic rings. The van der Waals surface area contributed by atoms with Crippen LogP contribution < -0.4 is 10.5 Å². The molecule has 0 amide bonds. The number of hydrogen-bond donors (Lipinski definition) is 2. The first-order valence-corrected chi connectivity index (χ1v) is 8.02. The van der Waals surface area contributed by atoms with Crippen LogP contribution in [0.3, 0.4) is 0 Å². The lowest BCUT2D eigenvalue weighted by molar-refractivity contribution is 0.407. The summed E-state index contributed by atoms with van der Waals surface area (Å²) >= 11 is 3.16. The van der Waals surface area contributed by atoms with Crippen molar-refractivity contribution in [1.29, 1.82) is 0 Å². The van der Waals surface area contributed by atoms with Crippen molar-refractivity contribution < 1.29 is 12.8 Å². The van der Waals surface area contributed by atoms with Crippen LogP contribution in [0.15, 0.2) is 21.5 Å². The SMILES string of the molecule is CC(C)(C)CNS(=O)(=O)c1cc(Br)cc(CN)c1F. The van der Waals surface area contributed by atoms with E-state index in [0.717, 1.165) is 0 Å². The molecule has 19 heavy (non-hydrogen) atoms. The van der Waals surface area contributed by atoms with Crippen molar-refractivity contribution >= 4 is 26.0 Å². The van der Waals surface area contributed by atoms with Gasteiger partial charge in [-0.3, -0.25) is 0 Å². The zero-order chi connectivity index (χ0) is 14.8. The van der Waals surface area contributed by atoms with Crippen molar-refractivity contribution in [3.8, 4) is 0 Å². The van der Waals surface area contributed by atoms with Crippen LogP contribution in [0.25, 0.3) is 0 Å². The number of nitrogens with one attached hydrogen (secondary N) is 1. The third kappa shape index (κ3) is 4.52. The van der Waals surface area contributed by atoms with Gasteiger partial charge >= 0.3 is 0 Å². The van der Waals surface area contributed by atoms with E-state index in [1.54, 1.807) is 0 Å². The first kappa shape index (κ1) is 16.6. The van der Waals surface area contributed by atoms with E-state index >= 15 is 0 Å². The highest BCUT2D eigenvalue weighted by molar-refractivity contribution is 9.10. The Balaban J connectivity index is 3.18. The van der Waals surface area contributed by atoms with E-state index in [1.807, 2.05) is 20.8 Å². The van der Waals surface area contributed by atoms with Crippen LogP contribution in [0.5, 0.6) is 0 Å². The summed E-state index contributed by atoms with van der Waals surface area (Å²) in [6.45, 7) is 5.82. The molecule has 0 saturated carbocycles. The molecule has 0 atom stereocenters. The molecule has 4 nitrogen and oxygen atoms in total. The molecule has 1 rings (SSSR count). The number of benzene rings is 1. The molecule has 0 aliphatic rings. The summed E-state index contributed by atoms with van der Waals surface area (Å²) in [5.74, 6) is -0.799. The zero-order valence-corrected chi connectivity index (χ0v) is 13.5. The maximum absolute atomic E-state index is 14.0. The van der Waals surface area contributed by atoms with Crippen LogP contribution in [0.2, 0.25) is 0 Å². The lowest BCUT2D eigenvalue weighted by atomic mass is 9.98. The second-order valence-corrected chi connectivity index (χ2v) is 8.12. The second-order valence-electron chi connectivity index (χ2n) is 5.47. The average molecular weight is 353 g/mol. The standard InChI is InChI=1S/C12H18BrFN2O2S/c1-12(2,3)7-16-19(17,18)10-5-9(13)4-8(6-15)11(10)14/h4-5,16H,6-7,15H2,1-3H3. The number of halogens is 2. The van der Waals surface area contributed by atoms with Gasteiger partial charge < -0.3 is 5.73 Å². The lowest BCUT2D eigenvalue weighted by Crippen LogP contribution is -2.33. The van der Waals surface area contributed by atoms with Crippen molar-refractivity contribution in [3.63, 3.8) is 0 Å². The van der Waals surface area contributed by atoms with Gasteiger partial charge in [-0.2, -0.15) is 0 Å². The molecule has 7 heteroatoms. The molecule has 0 saturated heterocycles. The number of sulfonamides is 1. The van der Waals surface area contributed by atoms with Crippen LogP contribution in [0.4, 0.5) is 4.39 Å². The van der Waals surface area contributed by atoms with Gasteiger partial charge in [-0.25, -0.2) is 17.5 Å². The van der Waals surface area contributed by atoms with E-state index in [1.165, 1.54) is 12.1 Å². The maximum Gasteiger partial charge on any atom is 0.243 e. The van der Waals surface area contributed by atoms with Gasteiger partial charge in [0.1, 0.15) is 10.7 Å². The van der Waals surface area contributed by atoms with E-state index in [2.05, 4.69) is 20.7 Å². The quantitative estimate of drug-likeness (QED) is 0.873. The predicted molar refractivity (Wildman–Crippen MR) is 76.6 cm³/mol. The Bertz CT molecular complexity index is 568. The number of hydrogen-bond acceptors (Lipinski definition) is 3. The van der Waals surface area contributed by atoms with Crippen molar-refractivity contribution in [2.24, 2.45) is 11.1 Å². The summed E-state index contributed by atoms with van der Waals surface area (Å²) in [5, 5.41) is 0. The maximum atomic E-state index is 14.0. The van der Waals surface area contributed by atoms with Gasteiger partial charge in [-0.15, -0.1) is 0 Å². The molecule has 0 bridgehead atoms. The smallest absolute Gasteiger partial charge is 0.243 e. The van der Waals surface area contributed by atoms with Gasteiger partial charge in [0.2, 0.25) is 10.0 Å². The number of nitrogens with two attached hydrogens (primary N) is 1. The van der Waals surface area contributed by atoms with Crippen LogP contribution in [0.1, 0.15) is 26.3 Å². The minimum Gasteiger partial charge on any atom is -0.326 e. The van der Waals surface area contributed by atoms with Crippen molar-refractivity contribution in [2.45, 2.75) is 32.2 Å². The molecule has 0 aromatic heterocycles. The van der Waals surface area contributed by atoms with Crippen LogP contribution in [0, 0.1) is 11.2 Å². The Kier molecular flexibility index (Phi) is 5.11. The lowest BCUT2D eigenvalue weighted by Gasteiger charge is -2.19. The van der Waals surface area contributed by atoms with Gasteiger partial charge in [0, 0.05) is 23.1 Å². The third-order valence-corrected chi connectivity index (χ3v) is 4.24. The fourth-order valence-electron chi connectivity index (χ4n) is 1.35. The average Bonchev–Trinajstić information content (AvgIpc) is 2.28. The summed E-state index contributed by atoms with van der Waals surface area (Å²) in [6, 6.07) is 2.71. The van der Waals surface area contributed by atoms with Crippen molar-refractivity contribution in [3.05, 3.63) is 28.0 Å². The summed E-state index contributed by atoms with van der Waals surface area (Å²) < 4.78 is 41.1. The van der Waals surface area contributed by atoms with E-state index in [4.69, 9.17) is 5.73 Å². The topological polar surface area (TPSA) is 72.2 Å². The predicted octanol–water partition coefficient (Wildman–Crippen LogP) is 2.37. The second kappa shape index (κ2) is 5.87. The van der Waals surface area contributed by atoms with E-state index < -0.39 is 15.8 Å². The Morgan fingerprint density at radius 1 is 1.37 bits per heavy atom. The molecular weight excluding hydrogens is 335 g/mol. The molecular formula is C12H18BrFN2O2S. The van der Waals surface area contributed by atoms with Crippen molar-refractivity contribution in [2.75, 3.05) is 6.54 Å². The first-order chi connectivity index (χ1) is 8.57. The molecule has 0 unspecified atom stereocenters. The summed E-state index contributed by atoms with van der Waals surface area (Å²) in [6.07, 6.45) is 0. The first-order valence-electron chi connectivity index (χ1n) is 5.74. The van der Waals surface area contributed by atoms with Gasteiger partial charge in [-0.05, 0) is 17.5 Å². The van der Waals surface area contributed by atoms with E-state index in [9.17, 15) is 12.8 Å². The van der Waals surface area contributed by atoms with Crippen LogP contribution in [-0.2, 0) is 16.6 Å². The molecule has 0 heterocycles. The molecule has 108 valence electrons. The van der Waals surface area contributed by atoms with E-state index in [0.29, 0.717) is 4.47 Å². The van der Waals surface area contributed by atoms with E-state index in [-0.39, 0.29) is 29.0 Å². The Labute approximate surface area is 121 Å². The normalized spacial score (nSPS) is 12.7. The van der Waals surface area contributed by atoms with Gasteiger partial charge in [0.05, 0.1) is 0 Å². The fourth-order valence-corrected chi connectivity index (χ4v) is 3.44. The van der Waals surface area contributed by atoms with Gasteiger partial charge in [0.25, 0.3) is 0 Å². The van der Waals surface area contributed by atoms with Crippen LogP contribution in [-0.4, -0.2) is 15.0 Å². The Hall–Kier alpha value is -0.500. The molecule has 0 aliphatic heterocycles. The molecule has 1 aromatic carbocycles. The molecule has 0 aliphatic carbocycles. The molecule has 0 fully saturated rings. The third-order valence-electron chi connectivity index (χ3n) is 2.38. The highest BCUT2D eigenvalue weighted by Gasteiger charge is 2.23. The number of rotatable bonds is 4. The highest BCUT2D eigenvalue weighted by atomic mass is 79.9. The highest BCUT2D eigenvalue weighted by Crippen LogP contribution is 2.24. The largest absolute Gasteiger partial charge is 0.326 e. The zero-order valence-electron chi connectivity index (χ0n) is 11.1. The van der Waals surface area contributed by atoms with Gasteiger partial charge in [0.15, 0.2) is 0 Å². The summed E-state index contributed by atoms with van der Waals surface area (Å²) in [5.41, 5.74) is 5.33.